The van der Waals surface area contributed by atoms with Crippen molar-refractivity contribution < 1.29 is 37.3 Å². The van der Waals surface area contributed by atoms with Crippen LogP contribution in [0.15, 0.2) is 72.9 Å². The van der Waals surface area contributed by atoms with Crippen molar-refractivity contribution in [2.75, 3.05) is 40.9 Å². The van der Waals surface area contributed by atoms with E-state index >= 15 is 0 Å². The fourth-order valence-electron chi connectivity index (χ4n) is 8.91. The van der Waals surface area contributed by atoms with Gasteiger partial charge in [0.1, 0.15) is 19.3 Å². The quantitative estimate of drug-likeness (QED) is 0.0212. The third kappa shape index (κ3) is 56.2. The zero-order valence-corrected chi connectivity index (χ0v) is 51.3. The van der Waals surface area contributed by atoms with Crippen LogP contribution in [0.25, 0.3) is 0 Å². The number of phosphoric acid groups is 1. The summed E-state index contributed by atoms with van der Waals surface area (Å²) in [6, 6.07) is -0.899. The van der Waals surface area contributed by atoms with Gasteiger partial charge < -0.3 is 28.5 Å². The Morgan fingerprint density at radius 2 is 0.803 bits per heavy atom. The number of unbranched alkanes of at least 4 members (excludes halogenated alkanes) is 31. The number of hydrogen-bond donors (Lipinski definition) is 1. The standard InChI is InChI=1S/C66H121N2O7P/c1-7-10-13-16-19-22-25-28-29-30-31-32-33-34-35-36-37-38-39-41-43-46-49-52-55-58-65(69)67-63(62-74-76(71,72)73-61-60-68(4,5)6)64(57-54-51-48-45-42-27-24-21-18-15-12-9-3)75-66(70)59-56-53-50-47-44-40-26-23-20-17-14-11-8-2/h19,22,28-29,31-32,34-35,40,44,54,57,63-64H,7-18,20-21,23-27,30,33,36-39,41-43,45-53,55-56,58-62H2,1-6H3,(H-,67,69,71,72)/b22-19-,29-28-,32-31-,35-34-,44-40-,57-54-. The number of quaternary nitrogens is 1. The highest BCUT2D eigenvalue weighted by molar-refractivity contribution is 7.45. The minimum absolute atomic E-state index is 0.0276. The van der Waals surface area contributed by atoms with E-state index < -0.39 is 26.6 Å². The van der Waals surface area contributed by atoms with Crippen LogP contribution in [0.5, 0.6) is 0 Å². The number of ether oxygens (including phenoxy) is 1. The predicted molar refractivity (Wildman–Crippen MR) is 325 cm³/mol. The molecule has 0 aliphatic rings. The van der Waals surface area contributed by atoms with Crippen LogP contribution in [-0.2, 0) is 27.9 Å². The van der Waals surface area contributed by atoms with Crippen LogP contribution >= 0.6 is 7.82 Å². The first kappa shape index (κ1) is 73.5. The predicted octanol–water partition coefficient (Wildman–Crippen LogP) is 19.0. The molecule has 0 aromatic rings. The number of rotatable bonds is 57. The smallest absolute Gasteiger partial charge is 0.306 e. The molecule has 9 nitrogen and oxygen atoms in total. The Morgan fingerprint density at radius 3 is 1.25 bits per heavy atom. The molecule has 10 heteroatoms. The third-order valence-electron chi connectivity index (χ3n) is 13.9. The molecule has 76 heavy (non-hydrogen) atoms. The normalized spacial score (nSPS) is 14.1. The zero-order valence-electron chi connectivity index (χ0n) is 50.4. The summed E-state index contributed by atoms with van der Waals surface area (Å²) < 4.78 is 30.3. The zero-order chi connectivity index (χ0) is 55.7. The molecule has 0 radical (unpaired) electrons. The Labute approximate surface area is 470 Å². The summed E-state index contributed by atoms with van der Waals surface area (Å²) in [6.45, 7) is 6.80. The third-order valence-corrected chi connectivity index (χ3v) is 14.8. The Balaban J connectivity index is 5.16. The summed E-state index contributed by atoms with van der Waals surface area (Å²) >= 11 is 0. The summed E-state index contributed by atoms with van der Waals surface area (Å²) in [5, 5.41) is 3.02. The summed E-state index contributed by atoms with van der Waals surface area (Å²) in [7, 11) is 1.17. The Hall–Kier alpha value is -2.55. The number of carbonyl (C=O) groups is 2. The van der Waals surface area contributed by atoms with E-state index in [1.54, 1.807) is 0 Å². The molecule has 0 aromatic heterocycles. The van der Waals surface area contributed by atoms with Gasteiger partial charge >= 0.3 is 5.97 Å². The van der Waals surface area contributed by atoms with Gasteiger partial charge in [-0.3, -0.25) is 14.2 Å². The lowest BCUT2D eigenvalue weighted by Gasteiger charge is -2.30. The van der Waals surface area contributed by atoms with Crippen LogP contribution in [0.1, 0.15) is 284 Å². The first-order valence-corrected chi connectivity index (χ1v) is 33.2. The van der Waals surface area contributed by atoms with Crippen LogP contribution in [0.3, 0.4) is 0 Å². The van der Waals surface area contributed by atoms with E-state index in [0.717, 1.165) is 96.3 Å². The number of esters is 1. The molecule has 0 bridgehead atoms. The van der Waals surface area contributed by atoms with Gasteiger partial charge in [0.25, 0.3) is 7.82 Å². The van der Waals surface area contributed by atoms with Gasteiger partial charge in [0.2, 0.25) is 5.91 Å². The molecule has 1 amide bonds. The molecular formula is C66H121N2O7P. The van der Waals surface area contributed by atoms with E-state index in [2.05, 4.69) is 86.8 Å². The van der Waals surface area contributed by atoms with E-state index in [9.17, 15) is 19.0 Å². The fourth-order valence-corrected chi connectivity index (χ4v) is 9.63. The molecule has 0 spiro atoms. The number of phosphoric ester groups is 1. The summed E-state index contributed by atoms with van der Waals surface area (Å²) in [5.74, 6) is -0.564. The van der Waals surface area contributed by atoms with Gasteiger partial charge in [-0.2, -0.15) is 0 Å². The Kier molecular flexibility index (Phi) is 53.9. The molecule has 3 atom stereocenters. The number of nitrogens with one attached hydrogen (secondary N) is 1. The molecule has 0 aliphatic heterocycles. The van der Waals surface area contributed by atoms with Gasteiger partial charge in [-0.1, -0.05) is 242 Å². The van der Waals surface area contributed by atoms with Crippen molar-refractivity contribution in [3.63, 3.8) is 0 Å². The Morgan fingerprint density at radius 1 is 0.461 bits per heavy atom. The van der Waals surface area contributed by atoms with Crippen molar-refractivity contribution in [3.8, 4) is 0 Å². The van der Waals surface area contributed by atoms with Crippen LogP contribution in [0.4, 0.5) is 0 Å². The van der Waals surface area contributed by atoms with Crippen LogP contribution in [0, 0.1) is 0 Å². The lowest BCUT2D eigenvalue weighted by atomic mass is 10.0. The largest absolute Gasteiger partial charge is 0.756 e. The van der Waals surface area contributed by atoms with Crippen molar-refractivity contribution in [3.05, 3.63) is 72.9 Å². The molecule has 0 saturated carbocycles. The summed E-state index contributed by atoms with van der Waals surface area (Å²) in [5.41, 5.74) is 0. The highest BCUT2D eigenvalue weighted by Gasteiger charge is 2.27. The molecule has 0 fully saturated rings. The van der Waals surface area contributed by atoms with Crippen molar-refractivity contribution in [1.29, 1.82) is 0 Å². The highest BCUT2D eigenvalue weighted by atomic mass is 31.2. The maximum Gasteiger partial charge on any atom is 0.306 e. The first-order valence-electron chi connectivity index (χ1n) is 31.7. The number of amides is 1. The lowest BCUT2D eigenvalue weighted by Crippen LogP contribution is -2.47. The number of allylic oxidation sites excluding steroid dienone is 11. The molecular weight excluding hydrogens is 964 g/mol. The molecule has 0 rings (SSSR count). The van der Waals surface area contributed by atoms with Crippen LogP contribution in [0.2, 0.25) is 0 Å². The Bertz CT molecular complexity index is 1530. The fraction of sp³-hybridized carbons (Fsp3) is 0.788. The minimum Gasteiger partial charge on any atom is -0.756 e. The number of nitrogens with zero attached hydrogens (tertiary/aromatic N) is 1. The van der Waals surface area contributed by atoms with E-state index in [4.69, 9.17) is 13.8 Å². The average Bonchev–Trinajstić information content (AvgIpc) is 3.38. The van der Waals surface area contributed by atoms with Gasteiger partial charge in [0, 0.05) is 12.8 Å². The van der Waals surface area contributed by atoms with E-state index in [1.807, 2.05) is 33.3 Å². The second-order valence-electron chi connectivity index (χ2n) is 22.6. The van der Waals surface area contributed by atoms with Crippen molar-refractivity contribution in [2.45, 2.75) is 296 Å². The second-order valence-corrected chi connectivity index (χ2v) is 24.0. The first-order chi connectivity index (χ1) is 36.9. The highest BCUT2D eigenvalue weighted by Crippen LogP contribution is 2.38. The summed E-state index contributed by atoms with van der Waals surface area (Å²) in [6.07, 6.45) is 71.5. The number of likely N-dealkylation sites (N-methyl/N-ethyl adjacent to an activating group) is 1. The summed E-state index contributed by atoms with van der Waals surface area (Å²) in [4.78, 5) is 39.9. The van der Waals surface area contributed by atoms with Gasteiger partial charge in [-0.25, -0.2) is 0 Å². The van der Waals surface area contributed by atoms with Gasteiger partial charge in [0.05, 0.1) is 33.8 Å². The number of hydrogen-bond acceptors (Lipinski definition) is 7. The van der Waals surface area contributed by atoms with Gasteiger partial charge in [-0.15, -0.1) is 0 Å². The molecule has 0 saturated heterocycles. The molecule has 3 unspecified atom stereocenters. The molecule has 0 aliphatic carbocycles. The SMILES string of the molecule is CCCCC/C=C\C/C=C\C/C=C\C/C=C\CCCCCCCCCCCC(=O)NC(COP(=O)([O-])OCC[N+](C)(C)C)C(/C=C\CCCCCCCCCCCC)OC(=O)CCCCC/C=C\CCCCCCCC. The molecule has 0 aromatic carbocycles. The van der Waals surface area contributed by atoms with Gasteiger partial charge in [-0.05, 0) is 102 Å². The van der Waals surface area contributed by atoms with Crippen LogP contribution < -0.4 is 10.2 Å². The van der Waals surface area contributed by atoms with E-state index in [1.165, 1.54) is 148 Å². The molecule has 0 heterocycles. The van der Waals surface area contributed by atoms with Crippen molar-refractivity contribution in [2.24, 2.45) is 0 Å². The van der Waals surface area contributed by atoms with E-state index in [0.29, 0.717) is 23.9 Å². The second kappa shape index (κ2) is 55.8. The maximum atomic E-state index is 13.5. The molecule has 1 N–H and O–H groups in total. The van der Waals surface area contributed by atoms with Crippen LogP contribution in [-0.4, -0.2) is 69.4 Å². The number of carbonyl (C=O) groups excluding carboxylic acids is 2. The minimum atomic E-state index is -4.70. The van der Waals surface area contributed by atoms with Crippen molar-refractivity contribution in [1.82, 2.24) is 5.32 Å². The monoisotopic (exact) mass is 1080 g/mol. The van der Waals surface area contributed by atoms with E-state index in [-0.39, 0.29) is 24.9 Å². The lowest BCUT2D eigenvalue weighted by molar-refractivity contribution is -0.870. The van der Waals surface area contributed by atoms with Gasteiger partial charge in [0.15, 0.2) is 0 Å². The maximum absolute atomic E-state index is 13.5. The topological polar surface area (TPSA) is 114 Å². The average molecular weight is 1090 g/mol. The molecule has 442 valence electrons. The van der Waals surface area contributed by atoms with Crippen molar-refractivity contribution >= 4 is 19.7 Å².